The molecule has 6 heteroatoms. The largest absolute Gasteiger partial charge is 0.259 e. The molecular formula is C20H19ClN2O2S. The maximum atomic E-state index is 13.3. The van der Waals surface area contributed by atoms with Crippen LogP contribution in [0.5, 0.6) is 0 Å². The molecule has 0 radical (unpaired) electrons. The second kappa shape index (κ2) is 7.58. The Morgan fingerprint density at radius 3 is 2.31 bits per heavy atom. The molecule has 26 heavy (non-hydrogen) atoms. The third kappa shape index (κ3) is 3.65. The Hall–Kier alpha value is -2.21. The van der Waals surface area contributed by atoms with E-state index in [0.717, 1.165) is 11.1 Å². The first-order valence-electron chi connectivity index (χ1n) is 8.11. The molecule has 0 fully saturated rings. The summed E-state index contributed by atoms with van der Waals surface area (Å²) in [7, 11) is -2.27. The van der Waals surface area contributed by atoms with Crippen LogP contribution in [-0.4, -0.2) is 24.8 Å². The highest BCUT2D eigenvalue weighted by molar-refractivity contribution is 7.89. The van der Waals surface area contributed by atoms with Gasteiger partial charge in [-0.15, -0.1) is 0 Å². The molecule has 0 N–H and O–H groups in total. The van der Waals surface area contributed by atoms with Gasteiger partial charge in [0.2, 0.25) is 10.0 Å². The summed E-state index contributed by atoms with van der Waals surface area (Å²) >= 11 is 6.23. The van der Waals surface area contributed by atoms with Gasteiger partial charge in [-0.2, -0.15) is 4.31 Å². The molecule has 3 rings (SSSR count). The van der Waals surface area contributed by atoms with Crippen LogP contribution < -0.4 is 0 Å². The third-order valence-electron chi connectivity index (χ3n) is 4.19. The zero-order valence-electron chi connectivity index (χ0n) is 14.5. The van der Waals surface area contributed by atoms with Crippen molar-refractivity contribution >= 4 is 21.6 Å². The zero-order valence-corrected chi connectivity index (χ0v) is 16.1. The van der Waals surface area contributed by atoms with Gasteiger partial charge >= 0.3 is 0 Å². The monoisotopic (exact) mass is 386 g/mol. The van der Waals surface area contributed by atoms with Crippen LogP contribution in [-0.2, 0) is 10.0 Å². The van der Waals surface area contributed by atoms with Gasteiger partial charge in [0.15, 0.2) is 0 Å². The number of hydrogen-bond acceptors (Lipinski definition) is 3. The Kier molecular flexibility index (Phi) is 5.41. The van der Waals surface area contributed by atoms with Crippen molar-refractivity contribution in [1.82, 2.24) is 9.29 Å². The van der Waals surface area contributed by atoms with Crippen LogP contribution in [0.3, 0.4) is 0 Å². The second-order valence-electron chi connectivity index (χ2n) is 6.02. The molecule has 0 aliphatic heterocycles. The maximum Gasteiger partial charge on any atom is 0.245 e. The molecule has 0 bridgehead atoms. The lowest BCUT2D eigenvalue weighted by molar-refractivity contribution is 0.412. The van der Waals surface area contributed by atoms with Crippen molar-refractivity contribution in [3.63, 3.8) is 0 Å². The van der Waals surface area contributed by atoms with Crippen LogP contribution >= 0.6 is 11.6 Å². The molecule has 0 saturated heterocycles. The van der Waals surface area contributed by atoms with Gasteiger partial charge in [0.05, 0.1) is 16.8 Å². The van der Waals surface area contributed by atoms with E-state index in [9.17, 15) is 8.42 Å². The summed E-state index contributed by atoms with van der Waals surface area (Å²) in [5, 5.41) is 0.213. The van der Waals surface area contributed by atoms with Crippen molar-refractivity contribution in [2.24, 2.45) is 0 Å². The number of aryl methyl sites for hydroxylation is 1. The first-order valence-corrected chi connectivity index (χ1v) is 9.93. The maximum absolute atomic E-state index is 13.3. The molecule has 3 aromatic rings. The van der Waals surface area contributed by atoms with Crippen molar-refractivity contribution in [3.8, 4) is 0 Å². The first-order chi connectivity index (χ1) is 12.4. The lowest BCUT2D eigenvalue weighted by Crippen LogP contribution is -2.32. The Morgan fingerprint density at radius 2 is 1.69 bits per heavy atom. The number of hydrogen-bond donors (Lipinski definition) is 0. The molecule has 134 valence electrons. The molecule has 0 saturated carbocycles. The molecular weight excluding hydrogens is 368 g/mol. The number of benzene rings is 2. The van der Waals surface area contributed by atoms with E-state index in [1.807, 2.05) is 49.4 Å². The normalized spacial score (nSPS) is 12.9. The number of aromatic nitrogens is 1. The topological polar surface area (TPSA) is 50.3 Å². The first kappa shape index (κ1) is 18.6. The van der Waals surface area contributed by atoms with Crippen molar-refractivity contribution in [2.75, 3.05) is 7.05 Å². The smallest absolute Gasteiger partial charge is 0.245 e. The van der Waals surface area contributed by atoms with Crippen LogP contribution in [0.4, 0.5) is 0 Å². The molecule has 2 aromatic carbocycles. The number of halogens is 1. The van der Waals surface area contributed by atoms with Gasteiger partial charge in [-0.1, -0.05) is 54.1 Å². The summed E-state index contributed by atoms with van der Waals surface area (Å²) in [4.78, 5) is 4.47. The summed E-state index contributed by atoms with van der Waals surface area (Å²) in [5.41, 5.74) is 2.38. The van der Waals surface area contributed by atoms with Gasteiger partial charge in [0, 0.05) is 13.2 Å². The molecule has 1 aromatic heterocycles. The molecule has 0 aliphatic carbocycles. The number of pyridine rings is 1. The fourth-order valence-corrected chi connectivity index (χ4v) is 4.74. The predicted octanol–water partition coefficient (Wildman–Crippen LogP) is 4.45. The minimum Gasteiger partial charge on any atom is -0.259 e. The molecule has 0 aliphatic rings. The summed E-state index contributed by atoms with van der Waals surface area (Å²) in [5.74, 6) is 0. The van der Waals surface area contributed by atoms with Crippen LogP contribution in [0.2, 0.25) is 5.02 Å². The fourth-order valence-electron chi connectivity index (χ4n) is 2.85. The minimum atomic E-state index is -3.82. The Bertz CT molecular complexity index is 953. The van der Waals surface area contributed by atoms with Crippen LogP contribution in [0, 0.1) is 6.92 Å². The average molecular weight is 387 g/mol. The van der Waals surface area contributed by atoms with E-state index in [-0.39, 0.29) is 9.92 Å². The summed E-state index contributed by atoms with van der Waals surface area (Å²) in [6.07, 6.45) is 1.66. The standard InChI is InChI=1S/C20H19ClN2O2S/c1-15-11-12-19(17(21)14-15)26(24,25)23(2)20(16-8-4-3-5-9-16)18-10-6-7-13-22-18/h3-14,20H,1-2H3/t20-/m0/s1. The van der Waals surface area contributed by atoms with Crippen molar-refractivity contribution in [3.05, 3.63) is 94.8 Å². The minimum absolute atomic E-state index is 0.0872. The fraction of sp³-hybridized carbons (Fsp3) is 0.150. The van der Waals surface area contributed by atoms with Crippen LogP contribution in [0.25, 0.3) is 0 Å². The highest BCUT2D eigenvalue weighted by atomic mass is 35.5. The van der Waals surface area contributed by atoms with Crippen molar-refractivity contribution < 1.29 is 8.42 Å². The molecule has 0 spiro atoms. The van der Waals surface area contributed by atoms with E-state index >= 15 is 0 Å². The van der Waals surface area contributed by atoms with Crippen molar-refractivity contribution in [1.29, 1.82) is 0 Å². The van der Waals surface area contributed by atoms with E-state index < -0.39 is 16.1 Å². The predicted molar refractivity (Wildman–Crippen MR) is 104 cm³/mol. The Labute approximate surface area is 159 Å². The quantitative estimate of drug-likeness (QED) is 0.650. The average Bonchev–Trinajstić information content (AvgIpc) is 2.63. The second-order valence-corrected chi connectivity index (χ2v) is 8.40. The molecule has 1 atom stereocenters. The lowest BCUT2D eigenvalue weighted by Gasteiger charge is -2.28. The van der Waals surface area contributed by atoms with Crippen LogP contribution in [0.1, 0.15) is 22.9 Å². The van der Waals surface area contributed by atoms with Gasteiger partial charge < -0.3 is 0 Å². The molecule has 0 unspecified atom stereocenters. The summed E-state index contributed by atoms with van der Waals surface area (Å²) < 4.78 is 27.9. The van der Waals surface area contributed by atoms with Gasteiger partial charge in [0.1, 0.15) is 4.90 Å². The SMILES string of the molecule is Cc1ccc(S(=O)(=O)N(C)[C@@H](c2ccccc2)c2ccccn2)c(Cl)c1. The summed E-state index contributed by atoms with van der Waals surface area (Å²) in [6, 6.07) is 19.3. The number of sulfonamides is 1. The van der Waals surface area contributed by atoms with Gasteiger partial charge in [0.25, 0.3) is 0 Å². The van der Waals surface area contributed by atoms with Gasteiger partial charge in [-0.25, -0.2) is 8.42 Å². The Balaban J connectivity index is 2.12. The zero-order chi connectivity index (χ0) is 18.7. The molecule has 0 amide bonds. The number of nitrogens with zero attached hydrogens (tertiary/aromatic N) is 2. The van der Waals surface area contributed by atoms with E-state index in [4.69, 9.17) is 11.6 Å². The van der Waals surface area contributed by atoms with Crippen molar-refractivity contribution in [2.45, 2.75) is 17.9 Å². The van der Waals surface area contributed by atoms with E-state index in [1.54, 1.807) is 37.5 Å². The summed E-state index contributed by atoms with van der Waals surface area (Å²) in [6.45, 7) is 1.87. The van der Waals surface area contributed by atoms with E-state index in [2.05, 4.69) is 4.98 Å². The molecule has 1 heterocycles. The third-order valence-corrected chi connectivity index (χ3v) is 6.50. The lowest BCUT2D eigenvalue weighted by atomic mass is 10.0. The van der Waals surface area contributed by atoms with E-state index in [1.165, 1.54) is 4.31 Å². The Morgan fingerprint density at radius 1 is 1.00 bits per heavy atom. The van der Waals surface area contributed by atoms with Gasteiger partial charge in [-0.3, -0.25) is 4.98 Å². The number of rotatable bonds is 5. The highest BCUT2D eigenvalue weighted by Gasteiger charge is 2.32. The van der Waals surface area contributed by atoms with Crippen LogP contribution in [0.15, 0.2) is 77.8 Å². The van der Waals surface area contributed by atoms with E-state index in [0.29, 0.717) is 5.69 Å². The molecule has 4 nitrogen and oxygen atoms in total. The van der Waals surface area contributed by atoms with Gasteiger partial charge in [-0.05, 0) is 42.3 Å². The highest BCUT2D eigenvalue weighted by Crippen LogP contribution is 2.33.